The molecule has 0 bridgehead atoms. The number of nitrogens with one attached hydrogen (secondary N) is 2. The second kappa shape index (κ2) is 10.8. The number of halogens is 4. The third-order valence-corrected chi connectivity index (χ3v) is 7.37. The summed E-state index contributed by atoms with van der Waals surface area (Å²) < 4.78 is 81.5. The molecule has 1 aliphatic heterocycles. The topological polar surface area (TPSA) is 119 Å². The fourth-order valence-electron chi connectivity index (χ4n) is 4.88. The van der Waals surface area contributed by atoms with Gasteiger partial charge in [0.05, 0.1) is 12.1 Å². The summed E-state index contributed by atoms with van der Waals surface area (Å²) in [5, 5.41) is 10.0. The zero-order chi connectivity index (χ0) is 30.3. The van der Waals surface area contributed by atoms with E-state index in [0.717, 1.165) is 6.26 Å². The highest BCUT2D eigenvalue weighted by Gasteiger charge is 2.41. The molecule has 1 aliphatic rings. The molecular formula is C27H28F4N4O5S. The summed E-state index contributed by atoms with van der Waals surface area (Å²) in [5.74, 6) is -2.82. The van der Waals surface area contributed by atoms with Crippen molar-refractivity contribution in [2.45, 2.75) is 45.5 Å². The average Bonchev–Trinajstić information content (AvgIpc) is 3.18. The Balaban J connectivity index is 1.78. The van der Waals surface area contributed by atoms with E-state index in [1.54, 1.807) is 19.9 Å². The smallest absolute Gasteiger partial charge is 0.422 e. The van der Waals surface area contributed by atoms with E-state index in [4.69, 9.17) is 4.74 Å². The van der Waals surface area contributed by atoms with Crippen LogP contribution in [0, 0.1) is 12.7 Å². The van der Waals surface area contributed by atoms with Crippen molar-refractivity contribution in [1.82, 2.24) is 15.1 Å². The molecule has 0 aliphatic carbocycles. The first-order valence-corrected chi connectivity index (χ1v) is 14.6. The van der Waals surface area contributed by atoms with Crippen LogP contribution in [0.4, 0.5) is 23.2 Å². The zero-order valence-electron chi connectivity index (χ0n) is 22.6. The maximum absolute atomic E-state index is 13.9. The minimum Gasteiger partial charge on any atom is -0.484 e. The van der Waals surface area contributed by atoms with E-state index in [9.17, 15) is 35.6 Å². The number of nitrogens with zero attached hydrogens (tertiary/aromatic N) is 2. The predicted octanol–water partition coefficient (Wildman–Crippen LogP) is 4.14. The normalized spacial score (nSPS) is 17.1. The number of fused-ring (bicyclic) bond motifs is 1. The highest BCUT2D eigenvalue weighted by molar-refractivity contribution is 7.91. The van der Waals surface area contributed by atoms with Gasteiger partial charge in [0.25, 0.3) is 5.91 Å². The van der Waals surface area contributed by atoms with Crippen molar-refractivity contribution in [2.75, 3.05) is 23.9 Å². The molecule has 2 amide bonds. The van der Waals surface area contributed by atoms with E-state index >= 15 is 0 Å². The highest BCUT2D eigenvalue weighted by atomic mass is 32.2. The minimum absolute atomic E-state index is 0.0263. The lowest BCUT2D eigenvalue weighted by atomic mass is 9.85. The number of aromatic nitrogens is 2. The van der Waals surface area contributed by atoms with E-state index in [1.165, 1.54) is 35.0 Å². The van der Waals surface area contributed by atoms with Gasteiger partial charge in [-0.15, -0.1) is 0 Å². The lowest BCUT2D eigenvalue weighted by Gasteiger charge is -2.37. The van der Waals surface area contributed by atoms with Crippen LogP contribution in [-0.2, 0) is 33.1 Å². The lowest BCUT2D eigenvalue weighted by molar-refractivity contribution is -0.153. The summed E-state index contributed by atoms with van der Waals surface area (Å²) >= 11 is 0. The first-order valence-electron chi connectivity index (χ1n) is 12.5. The molecule has 14 heteroatoms. The largest absolute Gasteiger partial charge is 0.484 e. The average molecular weight is 597 g/mol. The molecule has 4 rings (SSSR count). The number of hydrogen-bond donors (Lipinski definition) is 2. The zero-order valence-corrected chi connectivity index (χ0v) is 23.5. The molecule has 0 saturated carbocycles. The van der Waals surface area contributed by atoms with Crippen molar-refractivity contribution in [3.05, 3.63) is 64.6 Å². The Labute approximate surface area is 233 Å². The van der Waals surface area contributed by atoms with Crippen molar-refractivity contribution in [3.63, 3.8) is 0 Å². The number of ether oxygens (including phenoxy) is 1. The highest BCUT2D eigenvalue weighted by Crippen LogP contribution is 2.39. The standard InChI is InChI=1S/C27H28F4N4O5S/c1-5-16-11-18(40-14-27(29,30)31)7-9-20(16)26(3)13-35-24(25(37)33-26)23(32-21(36)12-41(4,38)39)22(34-35)19-8-6-17(28)10-15(19)2/h6-11H,5,12-14H2,1-4H3,(H,32,36)(H,33,37)/t26-/m1/s1. The number of amides is 2. The molecule has 41 heavy (non-hydrogen) atoms. The van der Waals surface area contributed by atoms with Crippen LogP contribution in [0.15, 0.2) is 36.4 Å². The van der Waals surface area contributed by atoms with Crippen LogP contribution in [0.3, 0.4) is 0 Å². The summed E-state index contributed by atoms with van der Waals surface area (Å²) in [7, 11) is -3.69. The number of alkyl halides is 3. The number of sulfone groups is 1. The molecule has 0 radical (unpaired) electrons. The van der Waals surface area contributed by atoms with Gasteiger partial charge >= 0.3 is 6.18 Å². The number of hydrogen-bond acceptors (Lipinski definition) is 6. The first kappa shape index (κ1) is 30.0. The molecule has 1 atom stereocenters. The Kier molecular flexibility index (Phi) is 7.91. The second-order valence-corrected chi connectivity index (χ2v) is 12.3. The monoisotopic (exact) mass is 596 g/mol. The Morgan fingerprint density at radius 1 is 1.22 bits per heavy atom. The summed E-state index contributed by atoms with van der Waals surface area (Å²) in [6.07, 6.45) is -3.18. The van der Waals surface area contributed by atoms with Gasteiger partial charge in [-0.1, -0.05) is 13.0 Å². The number of anilines is 1. The molecule has 3 aromatic rings. The van der Waals surface area contributed by atoms with Gasteiger partial charge in [0.15, 0.2) is 22.1 Å². The summed E-state index contributed by atoms with van der Waals surface area (Å²) in [4.78, 5) is 26.2. The SMILES string of the molecule is CCc1cc(OCC(F)(F)F)ccc1[C@@]1(C)Cn2nc(-c3ccc(F)cc3C)c(NC(=O)CS(C)(=O)=O)c2C(=O)N1. The molecule has 0 spiro atoms. The maximum atomic E-state index is 13.9. The summed E-state index contributed by atoms with van der Waals surface area (Å²) in [6.45, 7) is 3.77. The van der Waals surface area contributed by atoms with E-state index in [2.05, 4.69) is 15.7 Å². The molecule has 2 heterocycles. The second-order valence-electron chi connectivity index (χ2n) is 10.2. The van der Waals surface area contributed by atoms with E-state index in [0.29, 0.717) is 28.7 Å². The predicted molar refractivity (Wildman–Crippen MR) is 143 cm³/mol. The van der Waals surface area contributed by atoms with Crippen molar-refractivity contribution < 1.29 is 40.3 Å². The molecule has 9 nitrogen and oxygen atoms in total. The van der Waals surface area contributed by atoms with Gasteiger partial charge in [-0.3, -0.25) is 14.3 Å². The van der Waals surface area contributed by atoms with Gasteiger partial charge in [0.1, 0.15) is 28.7 Å². The van der Waals surface area contributed by atoms with Gasteiger partial charge in [0, 0.05) is 11.8 Å². The third kappa shape index (κ3) is 6.69. The van der Waals surface area contributed by atoms with Gasteiger partial charge in [0.2, 0.25) is 5.91 Å². The van der Waals surface area contributed by atoms with Crippen LogP contribution in [0.2, 0.25) is 0 Å². The van der Waals surface area contributed by atoms with Gasteiger partial charge in [-0.2, -0.15) is 18.3 Å². The van der Waals surface area contributed by atoms with Crippen LogP contribution in [0.5, 0.6) is 5.75 Å². The maximum Gasteiger partial charge on any atom is 0.422 e. The quantitative estimate of drug-likeness (QED) is 0.378. The van der Waals surface area contributed by atoms with Crippen LogP contribution >= 0.6 is 0 Å². The van der Waals surface area contributed by atoms with E-state index in [-0.39, 0.29) is 29.4 Å². The van der Waals surface area contributed by atoms with Crippen molar-refractivity contribution in [2.24, 2.45) is 0 Å². The van der Waals surface area contributed by atoms with Crippen molar-refractivity contribution in [1.29, 1.82) is 0 Å². The van der Waals surface area contributed by atoms with E-state index < -0.39 is 51.5 Å². The first-order chi connectivity index (χ1) is 19.0. The number of aryl methyl sites for hydroxylation is 2. The van der Waals surface area contributed by atoms with Crippen LogP contribution in [0.1, 0.15) is 41.0 Å². The molecule has 0 fully saturated rings. The molecule has 1 aromatic heterocycles. The van der Waals surface area contributed by atoms with Crippen LogP contribution in [0.25, 0.3) is 11.3 Å². The molecule has 0 unspecified atom stereocenters. The summed E-state index contributed by atoms with van der Waals surface area (Å²) in [5.41, 5.74) is 1.14. The fourth-order valence-corrected chi connectivity index (χ4v) is 5.43. The van der Waals surface area contributed by atoms with Gasteiger partial charge in [-0.25, -0.2) is 12.8 Å². The number of carbonyl (C=O) groups is 2. The number of rotatable bonds is 8. The molecule has 2 N–H and O–H groups in total. The Morgan fingerprint density at radius 3 is 2.54 bits per heavy atom. The minimum atomic E-state index is -4.50. The van der Waals surface area contributed by atoms with Crippen molar-refractivity contribution >= 4 is 27.3 Å². The van der Waals surface area contributed by atoms with Gasteiger partial charge < -0.3 is 15.4 Å². The van der Waals surface area contributed by atoms with E-state index in [1.807, 2.05) is 6.92 Å². The Bertz CT molecular complexity index is 1630. The number of benzene rings is 2. The summed E-state index contributed by atoms with van der Waals surface area (Å²) in [6, 6.07) is 8.36. The molecular weight excluding hydrogens is 568 g/mol. The van der Waals surface area contributed by atoms with Crippen LogP contribution in [-0.4, -0.2) is 54.8 Å². The molecule has 220 valence electrons. The van der Waals surface area contributed by atoms with Crippen LogP contribution < -0.4 is 15.4 Å². The third-order valence-electron chi connectivity index (χ3n) is 6.58. The Hall–Kier alpha value is -3.94. The molecule has 0 saturated heterocycles. The van der Waals surface area contributed by atoms with Crippen molar-refractivity contribution in [3.8, 4) is 17.0 Å². The lowest BCUT2D eigenvalue weighted by Crippen LogP contribution is -2.52. The van der Waals surface area contributed by atoms with Gasteiger partial charge in [-0.05, 0) is 67.3 Å². The number of carbonyl (C=O) groups excluding carboxylic acids is 2. The fraction of sp³-hybridized carbons (Fsp3) is 0.370. The molecule has 2 aromatic carbocycles. The Morgan fingerprint density at radius 2 is 1.93 bits per heavy atom.